The lowest BCUT2D eigenvalue weighted by Crippen LogP contribution is -2.45. The first-order valence-corrected chi connectivity index (χ1v) is 11.3. The lowest BCUT2D eigenvalue weighted by atomic mass is 10.0. The minimum absolute atomic E-state index is 0.213. The second-order valence-electron chi connectivity index (χ2n) is 8.21. The number of nitriles is 1. The van der Waals surface area contributed by atoms with E-state index in [1.807, 2.05) is 6.07 Å². The molecule has 0 bridgehead atoms. The molecule has 178 valence electrons. The third-order valence-corrected chi connectivity index (χ3v) is 6.15. The van der Waals surface area contributed by atoms with E-state index in [-0.39, 0.29) is 24.8 Å². The van der Waals surface area contributed by atoms with Crippen molar-refractivity contribution in [1.29, 1.82) is 5.26 Å². The predicted molar refractivity (Wildman–Crippen MR) is 126 cm³/mol. The number of benzene rings is 2. The molecule has 10 heteroatoms. The van der Waals surface area contributed by atoms with Gasteiger partial charge in [0.2, 0.25) is 0 Å². The minimum Gasteiger partial charge on any atom is -0.459 e. The molecule has 0 unspecified atom stereocenters. The van der Waals surface area contributed by atoms with Crippen molar-refractivity contribution in [3.8, 4) is 34.5 Å². The van der Waals surface area contributed by atoms with Crippen LogP contribution in [-0.4, -0.2) is 56.7 Å². The van der Waals surface area contributed by atoms with E-state index in [1.54, 1.807) is 42.5 Å². The van der Waals surface area contributed by atoms with Crippen molar-refractivity contribution in [2.24, 2.45) is 0 Å². The van der Waals surface area contributed by atoms with Gasteiger partial charge in [-0.25, -0.2) is 9.37 Å². The fraction of sp³-hybridized carbons (Fsp3) is 0.240. The summed E-state index contributed by atoms with van der Waals surface area (Å²) in [5.74, 6) is -0.471. The molecule has 2 aromatic carbocycles. The monoisotopic (exact) mass is 494 g/mol. The molecule has 1 aliphatic rings. The molecule has 3 N–H and O–H groups in total. The van der Waals surface area contributed by atoms with Crippen molar-refractivity contribution >= 4 is 22.8 Å². The first-order valence-electron chi connectivity index (χ1n) is 10.9. The van der Waals surface area contributed by atoms with E-state index in [0.29, 0.717) is 39.4 Å². The fourth-order valence-corrected chi connectivity index (χ4v) is 4.29. The average molecular weight is 495 g/mol. The zero-order valence-corrected chi connectivity index (χ0v) is 19.0. The summed E-state index contributed by atoms with van der Waals surface area (Å²) in [6, 6.07) is 15.3. The van der Waals surface area contributed by atoms with Crippen LogP contribution in [0.15, 0.2) is 48.5 Å². The minimum atomic E-state index is -0.831. The molecular formula is C25H20ClFN4O4. The Morgan fingerprint density at radius 1 is 1.17 bits per heavy atom. The van der Waals surface area contributed by atoms with Gasteiger partial charge in [0.1, 0.15) is 18.0 Å². The second-order valence-corrected chi connectivity index (χ2v) is 8.62. The first-order chi connectivity index (χ1) is 16.9. The summed E-state index contributed by atoms with van der Waals surface area (Å²) >= 11 is 6.49. The van der Waals surface area contributed by atoms with Crippen molar-refractivity contribution < 1.29 is 24.1 Å². The SMILES string of the molecule is N#Cc1ccc(-c2ccc(-c3nc4nc(O[C@H]5CO[C@H](CO)[C@@H](O)C5)[nH]c4cc3Cl)cc2)c(F)c1. The topological polar surface area (TPSA) is 124 Å². The predicted octanol–water partition coefficient (Wildman–Crippen LogP) is 3.85. The molecule has 0 amide bonds. The lowest BCUT2D eigenvalue weighted by Gasteiger charge is -2.31. The molecule has 3 atom stereocenters. The number of pyridine rings is 1. The summed E-state index contributed by atoms with van der Waals surface area (Å²) in [7, 11) is 0. The molecule has 0 spiro atoms. The highest BCUT2D eigenvalue weighted by Crippen LogP contribution is 2.32. The fourth-order valence-electron chi connectivity index (χ4n) is 4.03. The lowest BCUT2D eigenvalue weighted by molar-refractivity contribution is -0.131. The number of nitrogens with zero attached hydrogens (tertiary/aromatic N) is 3. The van der Waals surface area contributed by atoms with Gasteiger partial charge in [0.25, 0.3) is 6.01 Å². The number of aliphatic hydroxyl groups excluding tert-OH is 2. The van der Waals surface area contributed by atoms with E-state index in [1.165, 1.54) is 6.07 Å². The number of hydrogen-bond acceptors (Lipinski definition) is 7. The van der Waals surface area contributed by atoms with Crippen molar-refractivity contribution in [3.63, 3.8) is 0 Å². The number of aromatic nitrogens is 3. The smallest absolute Gasteiger partial charge is 0.296 e. The Labute approximate surface area is 204 Å². The van der Waals surface area contributed by atoms with Gasteiger partial charge in [-0.2, -0.15) is 10.2 Å². The third-order valence-electron chi connectivity index (χ3n) is 5.86. The number of halogens is 2. The van der Waals surface area contributed by atoms with Crippen LogP contribution in [0.5, 0.6) is 6.01 Å². The maximum Gasteiger partial charge on any atom is 0.296 e. The zero-order chi connectivity index (χ0) is 24.5. The molecule has 2 aromatic heterocycles. The van der Waals surface area contributed by atoms with Gasteiger partial charge in [-0.15, -0.1) is 0 Å². The van der Waals surface area contributed by atoms with Crippen LogP contribution in [-0.2, 0) is 4.74 Å². The first kappa shape index (κ1) is 23.2. The Kier molecular flexibility index (Phi) is 6.36. The van der Waals surface area contributed by atoms with E-state index in [0.717, 1.165) is 5.56 Å². The van der Waals surface area contributed by atoms with Crippen molar-refractivity contribution in [2.75, 3.05) is 13.2 Å². The van der Waals surface area contributed by atoms with Gasteiger partial charge in [0.05, 0.1) is 47.2 Å². The highest BCUT2D eigenvalue weighted by Gasteiger charge is 2.31. The maximum absolute atomic E-state index is 14.4. The summed E-state index contributed by atoms with van der Waals surface area (Å²) in [5.41, 5.74) is 3.51. The van der Waals surface area contributed by atoms with Crippen LogP contribution in [0.3, 0.4) is 0 Å². The van der Waals surface area contributed by atoms with E-state index < -0.39 is 24.1 Å². The zero-order valence-electron chi connectivity index (χ0n) is 18.3. The second kappa shape index (κ2) is 9.60. The molecular weight excluding hydrogens is 475 g/mol. The number of H-pyrrole nitrogens is 1. The van der Waals surface area contributed by atoms with Crippen LogP contribution in [0.4, 0.5) is 4.39 Å². The van der Waals surface area contributed by atoms with E-state index in [2.05, 4.69) is 15.0 Å². The average Bonchev–Trinajstić information content (AvgIpc) is 3.24. The van der Waals surface area contributed by atoms with Gasteiger partial charge in [0.15, 0.2) is 5.65 Å². The van der Waals surface area contributed by atoms with Crippen molar-refractivity contribution in [3.05, 3.63) is 64.9 Å². The summed E-state index contributed by atoms with van der Waals surface area (Å²) in [6.45, 7) is -0.0436. The Balaban J connectivity index is 1.37. The molecule has 0 saturated carbocycles. The van der Waals surface area contributed by atoms with Crippen molar-refractivity contribution in [1.82, 2.24) is 15.0 Å². The van der Waals surface area contributed by atoms with E-state index in [9.17, 15) is 14.6 Å². The highest BCUT2D eigenvalue weighted by molar-refractivity contribution is 6.33. The highest BCUT2D eigenvalue weighted by atomic mass is 35.5. The Hall–Kier alpha value is -3.55. The van der Waals surface area contributed by atoms with Gasteiger partial charge in [0, 0.05) is 17.5 Å². The molecule has 35 heavy (non-hydrogen) atoms. The number of imidazole rings is 1. The van der Waals surface area contributed by atoms with Crippen LogP contribution in [0.25, 0.3) is 33.5 Å². The van der Waals surface area contributed by atoms with E-state index >= 15 is 0 Å². The van der Waals surface area contributed by atoms with Gasteiger partial charge in [-0.05, 0) is 23.8 Å². The molecule has 5 rings (SSSR count). The number of ether oxygens (including phenoxy) is 2. The molecule has 0 aliphatic carbocycles. The quantitative estimate of drug-likeness (QED) is 0.385. The number of hydrogen-bond donors (Lipinski definition) is 3. The van der Waals surface area contributed by atoms with Crippen LogP contribution in [0.1, 0.15) is 12.0 Å². The summed E-state index contributed by atoms with van der Waals surface area (Å²) in [5, 5.41) is 28.5. The standard InChI is InChI=1S/C25H20ClFN4O4/c26-18-9-20-24(31-25(29-20)35-16-8-21(33)22(11-32)34-12-16)30-23(18)15-4-2-14(3-5-15)17-6-1-13(10-28)7-19(17)27/h1-7,9,16,21-22,32-33H,8,11-12H2,(H,29,30,31)/t16-,21+,22-/m1/s1. The van der Waals surface area contributed by atoms with Gasteiger partial charge >= 0.3 is 0 Å². The number of nitrogens with one attached hydrogen (secondary N) is 1. The normalized spacial score (nSPS) is 20.0. The van der Waals surface area contributed by atoms with Gasteiger partial charge in [-0.3, -0.25) is 0 Å². The molecule has 3 heterocycles. The van der Waals surface area contributed by atoms with Crippen LogP contribution < -0.4 is 4.74 Å². The molecule has 1 saturated heterocycles. The van der Waals surface area contributed by atoms with Crippen LogP contribution in [0.2, 0.25) is 5.02 Å². The summed E-state index contributed by atoms with van der Waals surface area (Å²) < 4.78 is 25.6. The van der Waals surface area contributed by atoms with Gasteiger partial charge in [-0.1, -0.05) is 41.9 Å². The summed E-state index contributed by atoms with van der Waals surface area (Å²) in [4.78, 5) is 12.0. The Bertz CT molecular complexity index is 1420. The largest absolute Gasteiger partial charge is 0.459 e. The van der Waals surface area contributed by atoms with E-state index in [4.69, 9.17) is 26.3 Å². The number of aromatic amines is 1. The molecule has 0 radical (unpaired) electrons. The molecule has 8 nitrogen and oxygen atoms in total. The van der Waals surface area contributed by atoms with Gasteiger partial charge < -0.3 is 24.7 Å². The molecule has 4 aromatic rings. The molecule has 1 fully saturated rings. The number of rotatable bonds is 5. The number of fused-ring (bicyclic) bond motifs is 1. The van der Waals surface area contributed by atoms with Crippen molar-refractivity contribution in [2.45, 2.75) is 24.7 Å². The molecule has 1 aliphatic heterocycles. The summed E-state index contributed by atoms with van der Waals surface area (Å²) in [6.07, 6.45) is -1.58. The third kappa shape index (κ3) is 4.70. The maximum atomic E-state index is 14.4. The number of aliphatic hydroxyl groups is 2. The van der Waals surface area contributed by atoms with Crippen LogP contribution >= 0.6 is 11.6 Å². The Morgan fingerprint density at radius 2 is 1.94 bits per heavy atom. The Morgan fingerprint density at radius 3 is 2.63 bits per heavy atom. The van der Waals surface area contributed by atoms with Crippen LogP contribution in [0, 0.1) is 17.1 Å².